The molecule has 0 aromatic heterocycles. The number of hydrogen-bond donors (Lipinski definition) is 1. The highest BCUT2D eigenvalue weighted by Crippen LogP contribution is 2.36. The SMILES string of the molecule is Br.c1ccc(C2=Nc3cccc4cccc(c34)N2)cc1. The number of benzene rings is 3. The Kier molecular flexibility index (Phi) is 3.28. The Morgan fingerprint density at radius 3 is 2.30 bits per heavy atom. The van der Waals surface area contributed by atoms with Crippen molar-refractivity contribution < 1.29 is 0 Å². The zero-order chi connectivity index (χ0) is 12.7. The highest BCUT2D eigenvalue weighted by atomic mass is 79.9. The van der Waals surface area contributed by atoms with Crippen LogP contribution in [0.3, 0.4) is 0 Å². The van der Waals surface area contributed by atoms with Gasteiger partial charge in [-0.25, -0.2) is 4.99 Å². The van der Waals surface area contributed by atoms with Crippen LogP contribution in [0, 0.1) is 0 Å². The predicted molar refractivity (Wildman–Crippen MR) is 90.5 cm³/mol. The molecule has 0 saturated carbocycles. The Morgan fingerprint density at radius 1 is 0.750 bits per heavy atom. The van der Waals surface area contributed by atoms with Crippen molar-refractivity contribution in [2.24, 2.45) is 4.99 Å². The van der Waals surface area contributed by atoms with Gasteiger partial charge in [0.05, 0.1) is 5.69 Å². The Bertz CT molecular complexity index is 789. The van der Waals surface area contributed by atoms with Crippen LogP contribution >= 0.6 is 17.0 Å². The molecule has 1 aliphatic heterocycles. The van der Waals surface area contributed by atoms with E-state index in [4.69, 9.17) is 4.99 Å². The van der Waals surface area contributed by atoms with Crippen LogP contribution in [0.2, 0.25) is 0 Å². The molecule has 3 aromatic rings. The van der Waals surface area contributed by atoms with Gasteiger partial charge in [0.15, 0.2) is 0 Å². The van der Waals surface area contributed by atoms with Crippen LogP contribution in [-0.4, -0.2) is 5.84 Å². The minimum Gasteiger partial charge on any atom is -0.339 e. The maximum atomic E-state index is 4.74. The number of nitrogens with one attached hydrogen (secondary N) is 1. The molecule has 0 atom stereocenters. The van der Waals surface area contributed by atoms with Crippen molar-refractivity contribution in [1.82, 2.24) is 0 Å². The summed E-state index contributed by atoms with van der Waals surface area (Å²) in [6.07, 6.45) is 0. The summed E-state index contributed by atoms with van der Waals surface area (Å²) in [5.74, 6) is 0.909. The zero-order valence-corrected chi connectivity index (χ0v) is 12.4. The molecule has 1 aliphatic rings. The lowest BCUT2D eigenvalue weighted by molar-refractivity contribution is 1.46. The second-order valence-electron chi connectivity index (χ2n) is 4.63. The Morgan fingerprint density at radius 2 is 1.50 bits per heavy atom. The molecule has 4 rings (SSSR count). The Labute approximate surface area is 127 Å². The second kappa shape index (κ2) is 5.10. The van der Waals surface area contributed by atoms with Crippen molar-refractivity contribution in [3.8, 4) is 0 Å². The van der Waals surface area contributed by atoms with Crippen molar-refractivity contribution in [3.05, 3.63) is 72.3 Å². The summed E-state index contributed by atoms with van der Waals surface area (Å²) in [5.41, 5.74) is 3.27. The Hall–Kier alpha value is -2.13. The van der Waals surface area contributed by atoms with E-state index >= 15 is 0 Å². The third-order valence-corrected chi connectivity index (χ3v) is 3.42. The van der Waals surface area contributed by atoms with E-state index in [1.165, 1.54) is 10.8 Å². The van der Waals surface area contributed by atoms with E-state index in [1.54, 1.807) is 0 Å². The van der Waals surface area contributed by atoms with Crippen molar-refractivity contribution in [2.75, 3.05) is 5.32 Å². The lowest BCUT2D eigenvalue weighted by Gasteiger charge is -2.19. The Balaban J connectivity index is 0.00000121. The maximum absolute atomic E-state index is 4.74. The molecule has 0 unspecified atom stereocenters. The highest BCUT2D eigenvalue weighted by Gasteiger charge is 2.14. The average Bonchev–Trinajstić information content (AvgIpc) is 2.49. The maximum Gasteiger partial charge on any atom is 0.138 e. The predicted octanol–water partition coefficient (Wildman–Crippen LogP) is 4.92. The lowest BCUT2D eigenvalue weighted by Crippen LogP contribution is -2.15. The highest BCUT2D eigenvalue weighted by molar-refractivity contribution is 8.93. The summed E-state index contributed by atoms with van der Waals surface area (Å²) in [6.45, 7) is 0. The van der Waals surface area contributed by atoms with Gasteiger partial charge in [0.1, 0.15) is 5.84 Å². The van der Waals surface area contributed by atoms with Gasteiger partial charge in [-0.2, -0.15) is 0 Å². The van der Waals surface area contributed by atoms with E-state index in [9.17, 15) is 0 Å². The number of anilines is 1. The number of amidine groups is 1. The molecule has 3 heteroatoms. The summed E-state index contributed by atoms with van der Waals surface area (Å²) >= 11 is 0. The summed E-state index contributed by atoms with van der Waals surface area (Å²) in [4.78, 5) is 4.74. The number of aliphatic imine (C=N–C) groups is 1. The van der Waals surface area contributed by atoms with E-state index in [0.717, 1.165) is 22.8 Å². The summed E-state index contributed by atoms with van der Waals surface area (Å²) in [5, 5.41) is 5.85. The van der Waals surface area contributed by atoms with Crippen LogP contribution in [0.25, 0.3) is 10.8 Å². The van der Waals surface area contributed by atoms with Crippen LogP contribution in [0.15, 0.2) is 71.7 Å². The first-order valence-corrected chi connectivity index (χ1v) is 6.35. The first-order valence-electron chi connectivity index (χ1n) is 6.35. The lowest BCUT2D eigenvalue weighted by atomic mass is 10.0. The molecule has 0 spiro atoms. The van der Waals surface area contributed by atoms with Gasteiger partial charge in [0, 0.05) is 16.6 Å². The van der Waals surface area contributed by atoms with Crippen LogP contribution < -0.4 is 5.32 Å². The van der Waals surface area contributed by atoms with Gasteiger partial charge >= 0.3 is 0 Å². The smallest absolute Gasteiger partial charge is 0.138 e. The molecule has 20 heavy (non-hydrogen) atoms. The minimum absolute atomic E-state index is 0. The van der Waals surface area contributed by atoms with Crippen molar-refractivity contribution >= 4 is 45.0 Å². The summed E-state index contributed by atoms with van der Waals surface area (Å²) in [6, 6.07) is 22.7. The molecular weight excluding hydrogens is 312 g/mol. The van der Waals surface area contributed by atoms with Crippen molar-refractivity contribution in [1.29, 1.82) is 0 Å². The third kappa shape index (κ3) is 2.00. The van der Waals surface area contributed by atoms with Gasteiger partial charge in [-0.15, -0.1) is 17.0 Å². The van der Waals surface area contributed by atoms with Gasteiger partial charge in [-0.1, -0.05) is 54.6 Å². The standard InChI is InChI=1S/C17H12N2.BrH/c1-2-6-13(7-3-1)17-18-14-10-4-8-12-9-5-11-15(19-17)16(12)14;/h1-11H,(H,18,19);1H. The van der Waals surface area contributed by atoms with Gasteiger partial charge in [-0.3, -0.25) is 0 Å². The van der Waals surface area contributed by atoms with Crippen LogP contribution in [0.1, 0.15) is 5.56 Å². The molecule has 0 amide bonds. The van der Waals surface area contributed by atoms with Crippen molar-refractivity contribution in [2.45, 2.75) is 0 Å². The number of hydrogen-bond acceptors (Lipinski definition) is 2. The first kappa shape index (κ1) is 12.9. The molecule has 0 bridgehead atoms. The quantitative estimate of drug-likeness (QED) is 0.675. The van der Waals surface area contributed by atoms with E-state index in [0.29, 0.717) is 0 Å². The molecule has 3 aromatic carbocycles. The molecule has 0 saturated heterocycles. The molecule has 0 aliphatic carbocycles. The van der Waals surface area contributed by atoms with Gasteiger partial charge in [0.2, 0.25) is 0 Å². The third-order valence-electron chi connectivity index (χ3n) is 3.42. The van der Waals surface area contributed by atoms with Gasteiger partial charge in [-0.05, 0) is 17.5 Å². The molecule has 0 fully saturated rings. The van der Waals surface area contributed by atoms with Crippen LogP contribution in [-0.2, 0) is 0 Å². The summed E-state index contributed by atoms with van der Waals surface area (Å²) < 4.78 is 0. The zero-order valence-electron chi connectivity index (χ0n) is 10.7. The fourth-order valence-electron chi connectivity index (χ4n) is 2.53. The fraction of sp³-hybridized carbons (Fsp3) is 0. The summed E-state index contributed by atoms with van der Waals surface area (Å²) in [7, 11) is 0. The minimum atomic E-state index is 0. The molecule has 1 heterocycles. The van der Waals surface area contributed by atoms with Crippen LogP contribution in [0.4, 0.5) is 11.4 Å². The van der Waals surface area contributed by atoms with E-state index in [1.807, 2.05) is 18.2 Å². The fourth-order valence-corrected chi connectivity index (χ4v) is 2.53. The van der Waals surface area contributed by atoms with Gasteiger partial charge in [0.25, 0.3) is 0 Å². The molecular formula is C17H13BrN2. The van der Waals surface area contributed by atoms with E-state index < -0.39 is 0 Å². The first-order chi connectivity index (χ1) is 9.42. The molecule has 98 valence electrons. The molecule has 0 radical (unpaired) electrons. The molecule has 2 nitrogen and oxygen atoms in total. The molecule has 1 N–H and O–H groups in total. The number of halogens is 1. The topological polar surface area (TPSA) is 24.4 Å². The van der Waals surface area contributed by atoms with E-state index in [-0.39, 0.29) is 17.0 Å². The van der Waals surface area contributed by atoms with Crippen LogP contribution in [0.5, 0.6) is 0 Å². The monoisotopic (exact) mass is 324 g/mol. The average molecular weight is 325 g/mol. The van der Waals surface area contributed by atoms with E-state index in [2.05, 4.69) is 53.8 Å². The number of rotatable bonds is 1. The number of nitrogens with zero attached hydrogens (tertiary/aromatic N) is 1. The van der Waals surface area contributed by atoms with Crippen molar-refractivity contribution in [3.63, 3.8) is 0 Å². The second-order valence-corrected chi connectivity index (χ2v) is 4.63. The van der Waals surface area contributed by atoms with Gasteiger partial charge < -0.3 is 5.32 Å². The normalized spacial score (nSPS) is 12.3. The largest absolute Gasteiger partial charge is 0.339 e.